The largest absolute Gasteiger partial charge is 0.311 e. The quantitative estimate of drug-likeness (QED) is 0.349. The minimum atomic E-state index is -0.323. The first-order valence-corrected chi connectivity index (χ1v) is 12.3. The third-order valence-electron chi connectivity index (χ3n) is 5.35. The Bertz CT molecular complexity index is 1090. The Hall–Kier alpha value is -2.45. The standard InChI is InChI=1S/C23H26N4O2S2/c1-4-20(28)27(17-13-14-17)22-24-25-23(31-22)30-15(3)21(29)26(5-2)19-12-8-10-16-9-6-7-11-18(16)19/h6-12,15,17H,4-5,13-14H2,1-3H3/t15-/m1/s1. The molecule has 0 spiro atoms. The Morgan fingerprint density at radius 3 is 2.58 bits per heavy atom. The van der Waals surface area contributed by atoms with Gasteiger partial charge in [-0.15, -0.1) is 10.2 Å². The molecule has 1 heterocycles. The summed E-state index contributed by atoms with van der Waals surface area (Å²) in [4.78, 5) is 29.3. The van der Waals surface area contributed by atoms with Crippen LogP contribution in [0.5, 0.6) is 0 Å². The number of fused-ring (bicyclic) bond motifs is 1. The van der Waals surface area contributed by atoms with E-state index in [1.54, 1.807) is 4.90 Å². The molecule has 8 heteroatoms. The van der Waals surface area contributed by atoms with Crippen molar-refractivity contribution in [3.05, 3.63) is 42.5 Å². The number of hydrogen-bond donors (Lipinski definition) is 0. The summed E-state index contributed by atoms with van der Waals surface area (Å²) in [6, 6.07) is 14.4. The molecule has 31 heavy (non-hydrogen) atoms. The van der Waals surface area contributed by atoms with E-state index in [0.717, 1.165) is 29.3 Å². The highest BCUT2D eigenvalue weighted by atomic mass is 32.2. The van der Waals surface area contributed by atoms with Gasteiger partial charge in [0.25, 0.3) is 0 Å². The van der Waals surface area contributed by atoms with E-state index < -0.39 is 0 Å². The zero-order valence-corrected chi connectivity index (χ0v) is 19.6. The Morgan fingerprint density at radius 1 is 1.13 bits per heavy atom. The van der Waals surface area contributed by atoms with Gasteiger partial charge in [-0.05, 0) is 38.1 Å². The normalized spacial score (nSPS) is 14.4. The monoisotopic (exact) mass is 454 g/mol. The van der Waals surface area contributed by atoms with Gasteiger partial charge in [-0.1, -0.05) is 66.4 Å². The molecule has 0 saturated heterocycles. The minimum absolute atomic E-state index is 0.0317. The maximum absolute atomic E-state index is 13.3. The smallest absolute Gasteiger partial charge is 0.240 e. The van der Waals surface area contributed by atoms with Crippen LogP contribution in [-0.2, 0) is 9.59 Å². The van der Waals surface area contributed by atoms with E-state index >= 15 is 0 Å². The highest BCUT2D eigenvalue weighted by Gasteiger charge is 2.35. The number of benzene rings is 2. The van der Waals surface area contributed by atoms with Crippen LogP contribution in [0.1, 0.15) is 40.0 Å². The number of thioether (sulfide) groups is 1. The molecule has 2 aromatic carbocycles. The lowest BCUT2D eigenvalue weighted by molar-refractivity contribution is -0.119. The van der Waals surface area contributed by atoms with E-state index in [1.807, 2.05) is 56.0 Å². The van der Waals surface area contributed by atoms with Crippen LogP contribution in [0.15, 0.2) is 46.8 Å². The second-order valence-corrected chi connectivity index (χ2v) is 10.1. The van der Waals surface area contributed by atoms with Gasteiger partial charge >= 0.3 is 0 Å². The number of hydrogen-bond acceptors (Lipinski definition) is 6. The van der Waals surface area contributed by atoms with Gasteiger partial charge in [0.05, 0.1) is 10.9 Å². The number of amides is 2. The molecule has 1 aliphatic rings. The van der Waals surface area contributed by atoms with Gasteiger partial charge in [-0.2, -0.15) is 0 Å². The molecule has 4 rings (SSSR count). The summed E-state index contributed by atoms with van der Waals surface area (Å²) in [5.74, 6) is 0.108. The van der Waals surface area contributed by atoms with Crippen LogP contribution in [0, 0.1) is 0 Å². The second kappa shape index (κ2) is 9.36. The van der Waals surface area contributed by atoms with Gasteiger partial charge in [0.15, 0.2) is 4.34 Å². The Kier molecular flexibility index (Phi) is 6.57. The van der Waals surface area contributed by atoms with Crippen molar-refractivity contribution in [3.8, 4) is 0 Å². The van der Waals surface area contributed by atoms with Crippen LogP contribution in [0.4, 0.5) is 10.8 Å². The molecule has 2 amide bonds. The van der Waals surface area contributed by atoms with E-state index in [-0.39, 0.29) is 23.1 Å². The molecular weight excluding hydrogens is 428 g/mol. The third-order valence-corrected chi connectivity index (χ3v) is 7.44. The number of carbonyl (C=O) groups excluding carboxylic acids is 2. The molecule has 1 aromatic heterocycles. The fourth-order valence-corrected chi connectivity index (χ4v) is 5.76. The van der Waals surface area contributed by atoms with Crippen LogP contribution < -0.4 is 9.80 Å². The predicted molar refractivity (Wildman–Crippen MR) is 128 cm³/mol. The summed E-state index contributed by atoms with van der Waals surface area (Å²) in [5, 5.41) is 11.0. The van der Waals surface area contributed by atoms with Crippen LogP contribution >= 0.6 is 23.1 Å². The molecule has 0 bridgehead atoms. The van der Waals surface area contributed by atoms with E-state index in [4.69, 9.17) is 0 Å². The van der Waals surface area contributed by atoms with Crippen molar-refractivity contribution in [2.75, 3.05) is 16.3 Å². The Labute approximate surface area is 190 Å². The van der Waals surface area contributed by atoms with Crippen LogP contribution in [-0.4, -0.2) is 39.8 Å². The zero-order chi connectivity index (χ0) is 22.0. The molecule has 6 nitrogen and oxygen atoms in total. The lowest BCUT2D eigenvalue weighted by Crippen LogP contribution is -2.36. The number of carbonyl (C=O) groups is 2. The molecule has 0 unspecified atom stereocenters. The number of rotatable bonds is 8. The molecule has 0 radical (unpaired) electrons. The van der Waals surface area contributed by atoms with Crippen LogP contribution in [0.3, 0.4) is 0 Å². The number of nitrogens with zero attached hydrogens (tertiary/aromatic N) is 4. The molecule has 0 aliphatic heterocycles. The van der Waals surface area contributed by atoms with Crippen molar-refractivity contribution in [2.45, 2.75) is 55.7 Å². The van der Waals surface area contributed by atoms with E-state index in [0.29, 0.717) is 22.4 Å². The van der Waals surface area contributed by atoms with Gasteiger partial charge in [0.1, 0.15) is 0 Å². The Morgan fingerprint density at radius 2 is 1.87 bits per heavy atom. The molecule has 1 fully saturated rings. The summed E-state index contributed by atoms with van der Waals surface area (Å²) >= 11 is 2.79. The zero-order valence-electron chi connectivity index (χ0n) is 17.9. The van der Waals surface area contributed by atoms with Gasteiger partial charge in [-0.25, -0.2) is 0 Å². The average molecular weight is 455 g/mol. The molecule has 0 N–H and O–H groups in total. The first kappa shape index (κ1) is 21.8. The van der Waals surface area contributed by atoms with Crippen LogP contribution in [0.25, 0.3) is 10.8 Å². The summed E-state index contributed by atoms with van der Waals surface area (Å²) in [6.45, 7) is 6.34. The molecular formula is C23H26N4O2S2. The average Bonchev–Trinajstić information content (AvgIpc) is 3.52. The van der Waals surface area contributed by atoms with Crippen molar-refractivity contribution in [1.82, 2.24) is 10.2 Å². The van der Waals surface area contributed by atoms with Crippen molar-refractivity contribution in [2.24, 2.45) is 0 Å². The van der Waals surface area contributed by atoms with E-state index in [2.05, 4.69) is 22.3 Å². The van der Waals surface area contributed by atoms with Gasteiger partial charge in [0.2, 0.25) is 16.9 Å². The topological polar surface area (TPSA) is 66.4 Å². The molecule has 3 aromatic rings. The summed E-state index contributed by atoms with van der Waals surface area (Å²) in [5.41, 5.74) is 0.921. The van der Waals surface area contributed by atoms with Crippen molar-refractivity contribution < 1.29 is 9.59 Å². The van der Waals surface area contributed by atoms with Crippen LogP contribution in [0.2, 0.25) is 0 Å². The highest BCUT2D eigenvalue weighted by Crippen LogP contribution is 2.38. The van der Waals surface area contributed by atoms with E-state index in [9.17, 15) is 9.59 Å². The van der Waals surface area contributed by atoms with Gasteiger partial charge in [0, 0.05) is 24.4 Å². The molecule has 1 saturated carbocycles. The summed E-state index contributed by atoms with van der Waals surface area (Å²) in [6.07, 6.45) is 2.47. The first-order chi connectivity index (χ1) is 15.0. The van der Waals surface area contributed by atoms with Crippen molar-refractivity contribution in [1.29, 1.82) is 0 Å². The maximum Gasteiger partial charge on any atom is 0.240 e. The second-order valence-electron chi connectivity index (χ2n) is 7.54. The molecule has 162 valence electrons. The number of anilines is 2. The first-order valence-electron chi connectivity index (χ1n) is 10.6. The fraction of sp³-hybridized carbons (Fsp3) is 0.391. The van der Waals surface area contributed by atoms with Gasteiger partial charge in [-0.3, -0.25) is 14.5 Å². The summed E-state index contributed by atoms with van der Waals surface area (Å²) in [7, 11) is 0. The van der Waals surface area contributed by atoms with Crippen molar-refractivity contribution in [3.63, 3.8) is 0 Å². The van der Waals surface area contributed by atoms with Gasteiger partial charge < -0.3 is 4.90 Å². The third kappa shape index (κ3) is 4.60. The SMILES string of the molecule is CCC(=O)N(c1nnc(S[C@H](C)C(=O)N(CC)c2cccc3ccccc23)s1)C1CC1. The van der Waals surface area contributed by atoms with E-state index in [1.165, 1.54) is 23.1 Å². The lowest BCUT2D eigenvalue weighted by atomic mass is 10.1. The Balaban J connectivity index is 1.51. The van der Waals surface area contributed by atoms with Crippen molar-refractivity contribution >= 4 is 56.5 Å². The molecule has 1 aliphatic carbocycles. The predicted octanol–water partition coefficient (Wildman–Crippen LogP) is 5.13. The highest BCUT2D eigenvalue weighted by molar-refractivity contribution is 8.02. The maximum atomic E-state index is 13.3. The summed E-state index contributed by atoms with van der Waals surface area (Å²) < 4.78 is 0.708. The minimum Gasteiger partial charge on any atom is -0.311 e. The number of aromatic nitrogens is 2. The molecule has 1 atom stereocenters. The fourth-order valence-electron chi connectivity index (χ4n) is 3.63. The lowest BCUT2D eigenvalue weighted by Gasteiger charge is -2.25.